The Balaban J connectivity index is 1.54. The van der Waals surface area contributed by atoms with E-state index in [0.29, 0.717) is 13.1 Å². The van der Waals surface area contributed by atoms with Crippen molar-refractivity contribution >= 4 is 34.3 Å². The minimum atomic E-state index is -0.602. The molecule has 7 heteroatoms. The number of methoxy groups -OCH3 is 1. The summed E-state index contributed by atoms with van der Waals surface area (Å²) < 4.78 is 5.11. The Hall–Kier alpha value is -2.67. The minimum absolute atomic E-state index is 0.220. The molecule has 2 aromatic carbocycles. The van der Waals surface area contributed by atoms with Gasteiger partial charge in [0.05, 0.1) is 7.11 Å². The van der Waals surface area contributed by atoms with Crippen molar-refractivity contribution in [1.82, 2.24) is 4.90 Å². The molecular formula is C19H21N3O3S. The predicted octanol–water partition coefficient (Wildman–Crippen LogP) is 3.55. The van der Waals surface area contributed by atoms with Gasteiger partial charge < -0.3 is 15.4 Å². The van der Waals surface area contributed by atoms with Crippen LogP contribution in [-0.2, 0) is 4.79 Å². The van der Waals surface area contributed by atoms with Gasteiger partial charge >= 0.3 is 0 Å². The van der Waals surface area contributed by atoms with Crippen LogP contribution in [0.1, 0.15) is 5.56 Å². The van der Waals surface area contributed by atoms with Crippen LogP contribution in [0.5, 0.6) is 5.75 Å². The first-order valence-electron chi connectivity index (χ1n) is 8.30. The fourth-order valence-corrected chi connectivity index (χ4v) is 3.58. The SMILES string of the molecule is COc1ccc(N[C@H]2SC(=O)N(CCNc3cccc(C)c3)C2=O)cc1. The van der Waals surface area contributed by atoms with Crippen molar-refractivity contribution in [2.24, 2.45) is 0 Å². The number of amides is 2. The molecule has 2 amide bonds. The predicted molar refractivity (Wildman–Crippen MR) is 105 cm³/mol. The first-order valence-corrected chi connectivity index (χ1v) is 9.18. The molecule has 136 valence electrons. The Labute approximate surface area is 156 Å². The molecule has 0 unspecified atom stereocenters. The van der Waals surface area contributed by atoms with Gasteiger partial charge in [-0.1, -0.05) is 12.1 Å². The van der Waals surface area contributed by atoms with Gasteiger partial charge in [0.15, 0.2) is 5.37 Å². The molecule has 26 heavy (non-hydrogen) atoms. The van der Waals surface area contributed by atoms with Gasteiger partial charge in [-0.05, 0) is 60.6 Å². The maximum atomic E-state index is 12.5. The normalized spacial score (nSPS) is 16.7. The zero-order chi connectivity index (χ0) is 18.5. The highest BCUT2D eigenvalue weighted by Gasteiger charge is 2.39. The number of nitrogens with one attached hydrogen (secondary N) is 2. The molecule has 2 aromatic rings. The minimum Gasteiger partial charge on any atom is -0.497 e. The van der Waals surface area contributed by atoms with E-state index in [2.05, 4.69) is 10.6 Å². The summed E-state index contributed by atoms with van der Waals surface area (Å²) in [6, 6.07) is 15.2. The Kier molecular flexibility index (Phi) is 5.68. The summed E-state index contributed by atoms with van der Waals surface area (Å²) in [5.41, 5.74) is 2.90. The molecule has 1 saturated heterocycles. The van der Waals surface area contributed by atoms with Crippen molar-refractivity contribution < 1.29 is 14.3 Å². The summed E-state index contributed by atoms with van der Waals surface area (Å²) in [4.78, 5) is 26.0. The van der Waals surface area contributed by atoms with Crippen LogP contribution in [0.3, 0.4) is 0 Å². The summed E-state index contributed by atoms with van der Waals surface area (Å²) in [6.07, 6.45) is 0. The van der Waals surface area contributed by atoms with E-state index in [1.165, 1.54) is 4.90 Å². The van der Waals surface area contributed by atoms with Gasteiger partial charge in [0.25, 0.3) is 11.1 Å². The second kappa shape index (κ2) is 8.14. The molecule has 1 fully saturated rings. The number of ether oxygens (including phenoxy) is 1. The topological polar surface area (TPSA) is 70.7 Å². The Bertz CT molecular complexity index is 795. The number of thioether (sulfide) groups is 1. The second-order valence-corrected chi connectivity index (χ2v) is 6.98. The molecule has 0 radical (unpaired) electrons. The molecule has 0 saturated carbocycles. The molecule has 2 N–H and O–H groups in total. The molecule has 6 nitrogen and oxygen atoms in total. The summed E-state index contributed by atoms with van der Waals surface area (Å²) in [5, 5.41) is 5.50. The Morgan fingerprint density at radius 3 is 2.58 bits per heavy atom. The Morgan fingerprint density at radius 2 is 1.88 bits per heavy atom. The van der Waals surface area contributed by atoms with Gasteiger partial charge in [-0.25, -0.2) is 0 Å². The van der Waals surface area contributed by atoms with Gasteiger partial charge in [0, 0.05) is 24.5 Å². The van der Waals surface area contributed by atoms with Crippen molar-refractivity contribution in [2.75, 3.05) is 30.8 Å². The maximum Gasteiger partial charge on any atom is 0.290 e. The number of hydrogen-bond acceptors (Lipinski definition) is 6. The molecule has 1 aliphatic rings. The molecule has 1 heterocycles. The van der Waals surface area contributed by atoms with Crippen LogP contribution >= 0.6 is 11.8 Å². The number of rotatable bonds is 7. The molecular weight excluding hydrogens is 350 g/mol. The maximum absolute atomic E-state index is 12.5. The fraction of sp³-hybridized carbons (Fsp3) is 0.263. The Morgan fingerprint density at radius 1 is 1.12 bits per heavy atom. The number of carbonyl (C=O) groups is 2. The number of nitrogens with zero attached hydrogens (tertiary/aromatic N) is 1. The van der Waals surface area contributed by atoms with Crippen LogP contribution in [0.25, 0.3) is 0 Å². The standard InChI is InChI=1S/C19H21N3O3S/c1-13-4-3-5-15(12-13)20-10-11-22-18(23)17(26-19(22)24)21-14-6-8-16(25-2)9-7-14/h3-9,12,17,20-21H,10-11H2,1-2H3/t17-/m0/s1. The van der Waals surface area contributed by atoms with E-state index in [-0.39, 0.29) is 11.1 Å². The lowest BCUT2D eigenvalue weighted by molar-refractivity contribution is -0.126. The zero-order valence-corrected chi connectivity index (χ0v) is 15.5. The zero-order valence-electron chi connectivity index (χ0n) is 14.7. The average molecular weight is 371 g/mol. The summed E-state index contributed by atoms with van der Waals surface area (Å²) in [7, 11) is 1.60. The highest BCUT2D eigenvalue weighted by atomic mass is 32.2. The van der Waals surface area contributed by atoms with Gasteiger partial charge in [0.2, 0.25) is 0 Å². The molecule has 0 aromatic heterocycles. The molecule has 1 atom stereocenters. The van der Waals surface area contributed by atoms with Crippen molar-refractivity contribution in [3.63, 3.8) is 0 Å². The van der Waals surface area contributed by atoms with E-state index < -0.39 is 5.37 Å². The van der Waals surface area contributed by atoms with E-state index in [9.17, 15) is 9.59 Å². The number of carbonyl (C=O) groups excluding carboxylic acids is 2. The number of aryl methyl sites for hydroxylation is 1. The van der Waals surface area contributed by atoms with Gasteiger partial charge in [-0.2, -0.15) is 0 Å². The van der Waals surface area contributed by atoms with Gasteiger partial charge in [0.1, 0.15) is 5.75 Å². The van der Waals surface area contributed by atoms with Crippen molar-refractivity contribution in [2.45, 2.75) is 12.3 Å². The molecule has 1 aliphatic heterocycles. The third-order valence-corrected chi connectivity index (χ3v) is 4.98. The molecule has 0 aliphatic carbocycles. The van der Waals surface area contributed by atoms with Crippen LogP contribution in [0.15, 0.2) is 48.5 Å². The van der Waals surface area contributed by atoms with Crippen LogP contribution in [0.2, 0.25) is 0 Å². The lowest BCUT2D eigenvalue weighted by atomic mass is 10.2. The average Bonchev–Trinajstić information content (AvgIpc) is 2.90. The van der Waals surface area contributed by atoms with Crippen molar-refractivity contribution in [3.05, 3.63) is 54.1 Å². The van der Waals surface area contributed by atoms with Crippen LogP contribution in [0.4, 0.5) is 16.2 Å². The largest absolute Gasteiger partial charge is 0.497 e. The summed E-state index contributed by atoms with van der Waals surface area (Å²) in [6.45, 7) is 2.86. The lowest BCUT2D eigenvalue weighted by Crippen LogP contribution is -2.37. The molecule has 0 bridgehead atoms. The summed E-state index contributed by atoms with van der Waals surface area (Å²) in [5.74, 6) is 0.516. The van der Waals surface area contributed by atoms with Gasteiger partial charge in [-0.15, -0.1) is 0 Å². The van der Waals surface area contributed by atoms with E-state index in [1.54, 1.807) is 19.2 Å². The quantitative estimate of drug-likeness (QED) is 0.776. The number of benzene rings is 2. The first-order chi connectivity index (χ1) is 12.6. The smallest absolute Gasteiger partial charge is 0.290 e. The van der Waals surface area contributed by atoms with E-state index in [4.69, 9.17) is 4.74 Å². The number of imide groups is 1. The van der Waals surface area contributed by atoms with Crippen LogP contribution in [0, 0.1) is 6.92 Å². The third-order valence-electron chi connectivity index (χ3n) is 4.00. The third kappa shape index (κ3) is 4.29. The molecule has 3 rings (SSSR count). The van der Waals surface area contributed by atoms with E-state index >= 15 is 0 Å². The second-order valence-electron chi connectivity index (χ2n) is 5.92. The number of hydrogen-bond donors (Lipinski definition) is 2. The summed E-state index contributed by atoms with van der Waals surface area (Å²) >= 11 is 1.00. The van der Waals surface area contributed by atoms with Crippen LogP contribution in [-0.4, -0.2) is 41.6 Å². The molecule has 0 spiro atoms. The highest BCUT2D eigenvalue weighted by Crippen LogP contribution is 2.28. The van der Waals surface area contributed by atoms with Crippen molar-refractivity contribution in [3.8, 4) is 5.75 Å². The van der Waals surface area contributed by atoms with E-state index in [1.807, 2.05) is 43.3 Å². The van der Waals surface area contributed by atoms with Gasteiger partial charge in [-0.3, -0.25) is 14.5 Å². The van der Waals surface area contributed by atoms with Crippen LogP contribution < -0.4 is 15.4 Å². The fourth-order valence-electron chi connectivity index (χ4n) is 2.64. The first kappa shape index (κ1) is 18.1. The number of anilines is 2. The highest BCUT2D eigenvalue weighted by molar-refractivity contribution is 8.15. The van der Waals surface area contributed by atoms with Crippen molar-refractivity contribution in [1.29, 1.82) is 0 Å². The monoisotopic (exact) mass is 371 g/mol. The van der Waals surface area contributed by atoms with E-state index in [0.717, 1.165) is 34.4 Å². The lowest BCUT2D eigenvalue weighted by Gasteiger charge is -2.16.